The molecule has 0 unspecified atom stereocenters. The number of hydrazone groups is 1. The largest absolute Gasteiger partial charge is 0.273 e. The van der Waals surface area contributed by atoms with Crippen LogP contribution in [0.3, 0.4) is 0 Å². The Morgan fingerprint density at radius 3 is 2.77 bits per heavy atom. The van der Waals surface area contributed by atoms with Crippen molar-refractivity contribution in [3.8, 4) is 0 Å². The lowest BCUT2D eigenvalue weighted by atomic mass is 10.0. The Balaban J connectivity index is 1.67. The first-order chi connectivity index (χ1) is 10.7. The predicted octanol–water partition coefficient (Wildman–Crippen LogP) is 3.90. The van der Waals surface area contributed by atoms with Gasteiger partial charge in [-0.05, 0) is 35.4 Å². The summed E-state index contributed by atoms with van der Waals surface area (Å²) in [6.07, 6.45) is 2.00. The fourth-order valence-electron chi connectivity index (χ4n) is 2.35. The van der Waals surface area contributed by atoms with Gasteiger partial charge in [0.05, 0.1) is 12.6 Å². The second-order valence-electron chi connectivity index (χ2n) is 5.06. The minimum absolute atomic E-state index is 0.110. The maximum absolute atomic E-state index is 12.0. The molecule has 0 fully saturated rings. The summed E-state index contributed by atoms with van der Waals surface area (Å²) in [7, 11) is 0. The third kappa shape index (κ3) is 3.40. The van der Waals surface area contributed by atoms with Crippen LogP contribution in [-0.2, 0) is 11.2 Å². The smallest absolute Gasteiger partial charge is 0.244 e. The molecule has 0 spiro atoms. The van der Waals surface area contributed by atoms with Crippen LogP contribution in [0, 0.1) is 6.92 Å². The Bertz CT molecular complexity index is 830. The van der Waals surface area contributed by atoms with Gasteiger partial charge in [-0.1, -0.05) is 42.5 Å². The Morgan fingerprint density at radius 2 is 1.95 bits per heavy atom. The first-order valence-electron chi connectivity index (χ1n) is 7.07. The number of carbonyl (C=O) groups is 1. The lowest BCUT2D eigenvalue weighted by Gasteiger charge is -2.05. The highest BCUT2D eigenvalue weighted by Crippen LogP contribution is 2.18. The number of hydrogen-bond acceptors (Lipinski definition) is 3. The minimum Gasteiger partial charge on any atom is -0.273 e. The molecule has 3 nitrogen and oxygen atoms in total. The third-order valence-corrected chi connectivity index (χ3v) is 4.31. The average Bonchev–Trinajstić information content (AvgIpc) is 2.93. The normalized spacial score (nSPS) is 11.1. The highest BCUT2D eigenvalue weighted by molar-refractivity contribution is 7.13. The summed E-state index contributed by atoms with van der Waals surface area (Å²) in [4.78, 5) is 14.3. The number of thiophene rings is 1. The average molecular weight is 308 g/mol. The van der Waals surface area contributed by atoms with Gasteiger partial charge in [-0.15, -0.1) is 11.3 Å². The monoisotopic (exact) mass is 308 g/mol. The molecule has 2 aromatic carbocycles. The van der Waals surface area contributed by atoms with Gasteiger partial charge in [0, 0.05) is 9.75 Å². The van der Waals surface area contributed by atoms with Crippen LogP contribution in [0.2, 0.25) is 0 Å². The summed E-state index contributed by atoms with van der Waals surface area (Å²) in [6, 6.07) is 18.1. The quantitative estimate of drug-likeness (QED) is 0.576. The van der Waals surface area contributed by atoms with E-state index in [0.717, 1.165) is 21.2 Å². The second kappa shape index (κ2) is 6.54. The van der Waals surface area contributed by atoms with Crippen molar-refractivity contribution in [2.45, 2.75) is 13.3 Å². The topological polar surface area (TPSA) is 41.5 Å². The highest BCUT2D eigenvalue weighted by Gasteiger charge is 2.05. The molecule has 3 aromatic rings. The number of rotatable bonds is 4. The van der Waals surface area contributed by atoms with Crippen molar-refractivity contribution in [1.29, 1.82) is 0 Å². The Kier molecular flexibility index (Phi) is 4.30. The van der Waals surface area contributed by atoms with E-state index in [9.17, 15) is 4.79 Å². The zero-order valence-corrected chi connectivity index (χ0v) is 13.1. The molecule has 1 aromatic heterocycles. The lowest BCUT2D eigenvalue weighted by Crippen LogP contribution is -2.19. The van der Waals surface area contributed by atoms with E-state index >= 15 is 0 Å². The predicted molar refractivity (Wildman–Crippen MR) is 92.4 cm³/mol. The Morgan fingerprint density at radius 1 is 1.14 bits per heavy atom. The van der Waals surface area contributed by atoms with Crippen LogP contribution in [0.1, 0.15) is 15.3 Å². The maximum atomic E-state index is 12.0. The van der Waals surface area contributed by atoms with Crippen LogP contribution < -0.4 is 5.43 Å². The Hall–Kier alpha value is -2.46. The molecule has 0 aliphatic carbocycles. The summed E-state index contributed by atoms with van der Waals surface area (Å²) < 4.78 is 0. The van der Waals surface area contributed by atoms with E-state index in [1.54, 1.807) is 17.6 Å². The van der Waals surface area contributed by atoms with Gasteiger partial charge >= 0.3 is 0 Å². The van der Waals surface area contributed by atoms with Gasteiger partial charge in [0.25, 0.3) is 0 Å². The van der Waals surface area contributed by atoms with E-state index in [-0.39, 0.29) is 5.91 Å². The van der Waals surface area contributed by atoms with Crippen molar-refractivity contribution in [3.05, 3.63) is 69.9 Å². The minimum atomic E-state index is -0.110. The molecule has 0 radical (unpaired) electrons. The summed E-state index contributed by atoms with van der Waals surface area (Å²) in [6.45, 7) is 2.04. The van der Waals surface area contributed by atoms with Crippen LogP contribution in [0.15, 0.2) is 59.7 Å². The molecular formula is C18H16N2OS. The molecule has 110 valence electrons. The van der Waals surface area contributed by atoms with Gasteiger partial charge in [0.1, 0.15) is 0 Å². The number of aryl methyl sites for hydroxylation is 1. The molecule has 0 aliphatic heterocycles. The van der Waals surface area contributed by atoms with Gasteiger partial charge in [-0.25, -0.2) is 5.43 Å². The van der Waals surface area contributed by atoms with Gasteiger partial charge < -0.3 is 0 Å². The van der Waals surface area contributed by atoms with E-state index in [1.165, 1.54) is 4.88 Å². The summed E-state index contributed by atoms with van der Waals surface area (Å²) in [5.74, 6) is -0.110. The Labute approximate surface area is 133 Å². The van der Waals surface area contributed by atoms with Crippen molar-refractivity contribution in [2.24, 2.45) is 5.10 Å². The SMILES string of the molecule is Cc1ccc(/C=N/NC(=O)Cc2cccc3ccccc23)s1. The molecular weight excluding hydrogens is 292 g/mol. The van der Waals surface area contributed by atoms with Crippen LogP contribution in [0.25, 0.3) is 10.8 Å². The van der Waals surface area contributed by atoms with Crippen LogP contribution >= 0.6 is 11.3 Å². The zero-order chi connectivity index (χ0) is 15.4. The maximum Gasteiger partial charge on any atom is 0.244 e. The molecule has 3 rings (SSSR count). The molecule has 0 saturated heterocycles. The fourth-order valence-corrected chi connectivity index (χ4v) is 3.10. The van der Waals surface area contributed by atoms with Crippen LogP contribution in [-0.4, -0.2) is 12.1 Å². The standard InChI is InChI=1S/C18H16N2OS/c1-13-9-10-16(22-13)12-19-20-18(21)11-15-7-4-6-14-5-2-3-8-17(14)15/h2-10,12H,11H2,1H3,(H,20,21)/b19-12+. The number of nitrogens with zero attached hydrogens (tertiary/aromatic N) is 1. The molecule has 0 bridgehead atoms. The van der Waals surface area contributed by atoms with E-state index < -0.39 is 0 Å². The second-order valence-corrected chi connectivity index (χ2v) is 6.38. The summed E-state index contributed by atoms with van der Waals surface area (Å²) in [5.41, 5.74) is 3.60. The van der Waals surface area contributed by atoms with Gasteiger partial charge in [0.2, 0.25) is 5.91 Å². The number of nitrogens with one attached hydrogen (secondary N) is 1. The molecule has 1 heterocycles. The van der Waals surface area contributed by atoms with Crippen LogP contribution in [0.5, 0.6) is 0 Å². The van der Waals surface area contributed by atoms with Crippen molar-refractivity contribution >= 4 is 34.2 Å². The molecule has 22 heavy (non-hydrogen) atoms. The van der Waals surface area contributed by atoms with Gasteiger partial charge in [0.15, 0.2) is 0 Å². The molecule has 1 N–H and O–H groups in total. The van der Waals surface area contributed by atoms with Gasteiger partial charge in [-0.3, -0.25) is 4.79 Å². The summed E-state index contributed by atoms with van der Waals surface area (Å²) in [5, 5.41) is 6.27. The van der Waals surface area contributed by atoms with Crippen LogP contribution in [0.4, 0.5) is 0 Å². The van der Waals surface area contributed by atoms with Crippen molar-refractivity contribution in [2.75, 3.05) is 0 Å². The third-order valence-electron chi connectivity index (χ3n) is 3.37. The first kappa shape index (κ1) is 14.5. The molecule has 0 aliphatic rings. The van der Waals surface area contributed by atoms with Gasteiger partial charge in [-0.2, -0.15) is 5.10 Å². The van der Waals surface area contributed by atoms with E-state index in [0.29, 0.717) is 6.42 Å². The fraction of sp³-hybridized carbons (Fsp3) is 0.111. The first-order valence-corrected chi connectivity index (χ1v) is 7.89. The highest BCUT2D eigenvalue weighted by atomic mass is 32.1. The molecule has 0 atom stereocenters. The van der Waals surface area contributed by atoms with Crippen molar-refractivity contribution < 1.29 is 4.79 Å². The lowest BCUT2D eigenvalue weighted by molar-refractivity contribution is -0.120. The zero-order valence-electron chi connectivity index (χ0n) is 12.2. The molecule has 4 heteroatoms. The molecule has 1 amide bonds. The van der Waals surface area contributed by atoms with E-state index in [4.69, 9.17) is 0 Å². The number of fused-ring (bicyclic) bond motifs is 1. The number of hydrogen-bond donors (Lipinski definition) is 1. The number of amides is 1. The number of benzene rings is 2. The van der Waals surface area contributed by atoms with E-state index in [1.807, 2.05) is 61.5 Å². The van der Waals surface area contributed by atoms with Crippen molar-refractivity contribution in [1.82, 2.24) is 5.43 Å². The summed E-state index contributed by atoms with van der Waals surface area (Å²) >= 11 is 1.64. The number of carbonyl (C=O) groups excluding carboxylic acids is 1. The van der Waals surface area contributed by atoms with E-state index in [2.05, 4.69) is 10.5 Å². The van der Waals surface area contributed by atoms with Crippen molar-refractivity contribution in [3.63, 3.8) is 0 Å². The molecule has 0 saturated carbocycles.